The largest absolute Gasteiger partial charge is 0.494 e. The lowest BCUT2D eigenvalue weighted by molar-refractivity contribution is 0.187. The van der Waals surface area contributed by atoms with Crippen molar-refractivity contribution in [1.29, 1.82) is 0 Å². The predicted octanol–water partition coefficient (Wildman–Crippen LogP) is 4.69. The van der Waals surface area contributed by atoms with Crippen LogP contribution in [0.2, 0.25) is 0 Å². The minimum absolute atomic E-state index is 0.195. The fraction of sp³-hybridized carbons (Fsp3) is 0.214. The molecule has 40 heavy (non-hydrogen) atoms. The zero-order valence-electron chi connectivity index (χ0n) is 22.5. The zero-order valence-corrected chi connectivity index (χ0v) is 23.3. The number of carbonyl (C=O) groups is 1. The van der Waals surface area contributed by atoms with Gasteiger partial charge in [-0.1, -0.05) is 12.1 Å². The van der Waals surface area contributed by atoms with Crippen molar-refractivity contribution >= 4 is 49.8 Å². The zero-order chi connectivity index (χ0) is 29.0. The van der Waals surface area contributed by atoms with Gasteiger partial charge in [0.05, 0.1) is 41.5 Å². The SMILES string of the molecule is COC(=O)Nc1ccc(C(=Nc2ccc(N(CCN(C)C)S(C)(=O)=O)cc2)c2c(O)[nH]c3cc(F)ccc23)cc1. The number of aromatic nitrogens is 1. The van der Waals surface area contributed by atoms with Crippen LogP contribution in [0.5, 0.6) is 5.88 Å². The fourth-order valence-electron chi connectivity index (χ4n) is 4.14. The van der Waals surface area contributed by atoms with Gasteiger partial charge in [0.25, 0.3) is 0 Å². The number of ether oxygens (including phenoxy) is 1. The number of H-pyrrole nitrogens is 1. The van der Waals surface area contributed by atoms with Gasteiger partial charge in [0.1, 0.15) is 5.82 Å². The van der Waals surface area contributed by atoms with Gasteiger partial charge < -0.3 is 19.7 Å². The normalized spacial score (nSPS) is 12.1. The average Bonchev–Trinajstić information content (AvgIpc) is 3.22. The molecular formula is C28H30FN5O5S. The van der Waals surface area contributed by atoms with Crippen LogP contribution in [0, 0.1) is 5.82 Å². The maximum atomic E-state index is 13.9. The van der Waals surface area contributed by atoms with Gasteiger partial charge in [0, 0.05) is 29.7 Å². The number of aliphatic imine (C=N–C) groups is 1. The molecule has 1 aromatic heterocycles. The van der Waals surface area contributed by atoms with Crippen molar-refractivity contribution in [3.8, 4) is 5.88 Å². The standard InChI is InChI=1S/C28H30FN5O5S/c1-33(2)15-16-34(40(4,37)38)22-12-10-20(11-13-22)30-26(18-5-8-21(9-6-18)31-28(36)39-3)25-23-14-7-19(29)17-24(23)32-27(25)35/h5-14,17,32,35H,15-16H2,1-4H3,(H,31,36). The summed E-state index contributed by atoms with van der Waals surface area (Å²) in [4.78, 5) is 21.1. The van der Waals surface area contributed by atoms with Crippen LogP contribution in [0.4, 0.5) is 26.2 Å². The van der Waals surface area contributed by atoms with Crippen LogP contribution >= 0.6 is 0 Å². The summed E-state index contributed by atoms with van der Waals surface area (Å²) in [7, 11) is 1.49. The Morgan fingerprint density at radius 1 is 1.05 bits per heavy atom. The van der Waals surface area contributed by atoms with Crippen molar-refractivity contribution in [3.63, 3.8) is 0 Å². The van der Waals surface area contributed by atoms with Crippen LogP contribution in [0.1, 0.15) is 11.1 Å². The van der Waals surface area contributed by atoms with Crippen LogP contribution in [-0.4, -0.2) is 75.8 Å². The molecule has 0 aliphatic rings. The lowest BCUT2D eigenvalue weighted by atomic mass is 10.0. The van der Waals surface area contributed by atoms with Crippen molar-refractivity contribution in [2.45, 2.75) is 0 Å². The number of hydrogen-bond acceptors (Lipinski definition) is 7. The highest BCUT2D eigenvalue weighted by Gasteiger charge is 2.20. The van der Waals surface area contributed by atoms with E-state index < -0.39 is 21.9 Å². The van der Waals surface area contributed by atoms with Crippen molar-refractivity contribution < 1.29 is 27.4 Å². The number of hydrogen-bond donors (Lipinski definition) is 3. The third-order valence-corrected chi connectivity index (χ3v) is 7.29. The summed E-state index contributed by atoms with van der Waals surface area (Å²) >= 11 is 0. The molecule has 210 valence electrons. The molecule has 0 spiro atoms. The molecule has 3 aromatic carbocycles. The number of benzene rings is 3. The summed E-state index contributed by atoms with van der Waals surface area (Å²) in [6, 6.07) is 17.6. The molecule has 0 atom stereocenters. The molecule has 0 unspecified atom stereocenters. The van der Waals surface area contributed by atoms with E-state index in [1.54, 1.807) is 54.6 Å². The molecule has 1 heterocycles. The Morgan fingerprint density at radius 2 is 1.73 bits per heavy atom. The van der Waals surface area contributed by atoms with Gasteiger partial charge in [-0.2, -0.15) is 0 Å². The number of aromatic hydroxyl groups is 1. The van der Waals surface area contributed by atoms with Crippen LogP contribution in [0.25, 0.3) is 10.9 Å². The van der Waals surface area contributed by atoms with E-state index in [1.807, 2.05) is 19.0 Å². The molecule has 4 aromatic rings. The highest BCUT2D eigenvalue weighted by atomic mass is 32.2. The van der Waals surface area contributed by atoms with E-state index >= 15 is 0 Å². The number of aromatic amines is 1. The van der Waals surface area contributed by atoms with Crippen molar-refractivity contribution in [2.24, 2.45) is 4.99 Å². The molecule has 0 saturated heterocycles. The first kappa shape index (κ1) is 28.6. The number of carbonyl (C=O) groups excluding carboxylic acids is 1. The molecule has 0 aliphatic carbocycles. The first-order valence-electron chi connectivity index (χ1n) is 12.2. The van der Waals surface area contributed by atoms with Crippen LogP contribution < -0.4 is 9.62 Å². The van der Waals surface area contributed by atoms with E-state index in [2.05, 4.69) is 15.0 Å². The van der Waals surface area contributed by atoms with Crippen LogP contribution in [-0.2, 0) is 14.8 Å². The van der Waals surface area contributed by atoms with Gasteiger partial charge >= 0.3 is 6.09 Å². The minimum atomic E-state index is -3.51. The summed E-state index contributed by atoms with van der Waals surface area (Å²) < 4.78 is 44.7. The topological polar surface area (TPSA) is 127 Å². The highest BCUT2D eigenvalue weighted by molar-refractivity contribution is 7.92. The molecule has 12 heteroatoms. The summed E-state index contributed by atoms with van der Waals surface area (Å²) in [6.07, 6.45) is 0.542. The molecule has 4 rings (SSSR count). The Bertz CT molecular complexity index is 1650. The number of sulfonamides is 1. The number of fused-ring (bicyclic) bond motifs is 1. The second kappa shape index (κ2) is 11.8. The van der Waals surface area contributed by atoms with Crippen LogP contribution in [0.15, 0.2) is 71.7 Å². The number of halogens is 1. The summed E-state index contributed by atoms with van der Waals surface area (Å²) in [6.45, 7) is 0.823. The summed E-state index contributed by atoms with van der Waals surface area (Å²) in [5.41, 5.74) is 3.20. The Kier molecular flexibility index (Phi) is 8.40. The molecule has 0 bridgehead atoms. The number of nitrogens with one attached hydrogen (secondary N) is 2. The number of likely N-dealkylation sites (N-methyl/N-ethyl adjacent to an activating group) is 1. The maximum Gasteiger partial charge on any atom is 0.411 e. The monoisotopic (exact) mass is 567 g/mol. The van der Waals surface area contributed by atoms with Crippen molar-refractivity contribution in [3.05, 3.63) is 83.7 Å². The van der Waals surface area contributed by atoms with E-state index in [0.29, 0.717) is 51.3 Å². The van der Waals surface area contributed by atoms with Gasteiger partial charge in [-0.15, -0.1) is 0 Å². The smallest absolute Gasteiger partial charge is 0.411 e. The second-order valence-electron chi connectivity index (χ2n) is 9.35. The molecular weight excluding hydrogens is 537 g/mol. The number of rotatable bonds is 9. The van der Waals surface area contributed by atoms with E-state index in [0.717, 1.165) is 6.26 Å². The molecule has 10 nitrogen and oxygen atoms in total. The average molecular weight is 568 g/mol. The fourth-order valence-corrected chi connectivity index (χ4v) is 5.06. The third-order valence-electron chi connectivity index (χ3n) is 6.10. The van der Waals surface area contributed by atoms with Crippen molar-refractivity contribution in [2.75, 3.05) is 50.2 Å². The highest BCUT2D eigenvalue weighted by Crippen LogP contribution is 2.33. The lowest BCUT2D eigenvalue weighted by Crippen LogP contribution is -2.35. The number of anilines is 2. The molecule has 1 amide bonds. The Morgan fingerprint density at radius 3 is 2.33 bits per heavy atom. The van der Waals surface area contributed by atoms with Gasteiger partial charge in [-0.05, 0) is 68.7 Å². The van der Waals surface area contributed by atoms with Gasteiger partial charge in [0.2, 0.25) is 10.0 Å². The number of nitrogens with zero attached hydrogens (tertiary/aromatic N) is 3. The Hall–Kier alpha value is -4.42. The molecule has 0 saturated carbocycles. The molecule has 0 aliphatic heterocycles. The molecule has 0 radical (unpaired) electrons. The van der Waals surface area contributed by atoms with E-state index in [4.69, 9.17) is 4.99 Å². The maximum absolute atomic E-state index is 13.9. The first-order chi connectivity index (χ1) is 19.0. The van der Waals surface area contributed by atoms with Gasteiger partial charge in [-0.25, -0.2) is 22.6 Å². The molecule has 3 N–H and O–H groups in total. The Labute approximate surface area is 231 Å². The quantitative estimate of drug-likeness (QED) is 0.252. The van der Waals surface area contributed by atoms with E-state index in [-0.39, 0.29) is 12.4 Å². The summed E-state index contributed by atoms with van der Waals surface area (Å²) in [5.74, 6) is -0.656. The van der Waals surface area contributed by atoms with E-state index in [9.17, 15) is 22.7 Å². The van der Waals surface area contributed by atoms with Gasteiger partial charge in [0.15, 0.2) is 5.88 Å². The first-order valence-corrected chi connectivity index (χ1v) is 14.1. The van der Waals surface area contributed by atoms with Crippen LogP contribution in [0.3, 0.4) is 0 Å². The lowest BCUT2D eigenvalue weighted by Gasteiger charge is -2.24. The second-order valence-corrected chi connectivity index (χ2v) is 11.3. The third kappa shape index (κ3) is 6.58. The number of methoxy groups -OCH3 is 1. The van der Waals surface area contributed by atoms with Gasteiger partial charge in [-0.3, -0.25) is 9.62 Å². The molecule has 0 fully saturated rings. The summed E-state index contributed by atoms with van der Waals surface area (Å²) in [5, 5.41) is 14.0. The van der Waals surface area contributed by atoms with Crippen molar-refractivity contribution in [1.82, 2.24) is 9.88 Å². The predicted molar refractivity (Wildman–Crippen MR) is 155 cm³/mol. The number of amides is 1. The Balaban J connectivity index is 1.79. The van der Waals surface area contributed by atoms with E-state index in [1.165, 1.54) is 23.5 Å². The minimum Gasteiger partial charge on any atom is -0.494 e.